The molecule has 6 heteroatoms. The molecule has 0 amide bonds. The molecule has 1 atom stereocenters. The summed E-state index contributed by atoms with van der Waals surface area (Å²) in [5.41, 5.74) is 5.07. The second-order valence-corrected chi connectivity index (χ2v) is 3.41. The molecule has 1 aromatic rings. The van der Waals surface area contributed by atoms with Crippen molar-refractivity contribution in [2.75, 3.05) is 6.67 Å². The Kier molecular flexibility index (Phi) is 5.33. The predicted molar refractivity (Wildman–Crippen MR) is 55.9 cm³/mol. The molecule has 0 aliphatic rings. The lowest BCUT2D eigenvalue weighted by atomic mass is 10.1. The number of nitrogens with two attached hydrogens (primary N) is 1. The van der Waals surface area contributed by atoms with Crippen molar-refractivity contribution in [2.24, 2.45) is 5.73 Å². The zero-order chi connectivity index (χ0) is 10.0. The van der Waals surface area contributed by atoms with Gasteiger partial charge in [-0.25, -0.2) is 8.78 Å². The Bertz CT molecular complexity index is 324. The van der Waals surface area contributed by atoms with Crippen LogP contribution in [-0.4, -0.2) is 11.8 Å². The third kappa shape index (κ3) is 2.56. The number of benzene rings is 1. The van der Waals surface area contributed by atoms with Gasteiger partial charge in [-0.2, -0.15) is 0 Å². The van der Waals surface area contributed by atoms with Crippen molar-refractivity contribution in [2.45, 2.75) is 6.04 Å². The first kappa shape index (κ1) is 13.6. The first-order chi connectivity index (χ1) is 6.07. The standard InChI is InChI=1S/C8H8BrF2NO.ClH/c9-4-1-2-5(11)7(8(4)13)6(12)3-10;/h1-2,6,13H,3,12H2;1H/t6-;/m1./s1. The lowest BCUT2D eigenvalue weighted by Gasteiger charge is -2.11. The van der Waals surface area contributed by atoms with E-state index in [1.54, 1.807) is 0 Å². The molecule has 1 aromatic carbocycles. The zero-order valence-electron chi connectivity index (χ0n) is 7.01. The summed E-state index contributed by atoms with van der Waals surface area (Å²) in [6.07, 6.45) is 0. The van der Waals surface area contributed by atoms with E-state index in [1.165, 1.54) is 6.07 Å². The van der Waals surface area contributed by atoms with Gasteiger partial charge in [-0.3, -0.25) is 0 Å². The highest BCUT2D eigenvalue weighted by Crippen LogP contribution is 2.33. The highest BCUT2D eigenvalue weighted by atomic mass is 79.9. The van der Waals surface area contributed by atoms with Gasteiger partial charge in [-0.15, -0.1) is 12.4 Å². The molecule has 0 heterocycles. The number of phenolic OH excluding ortho intramolecular Hbond substituents is 1. The van der Waals surface area contributed by atoms with Gasteiger partial charge < -0.3 is 10.8 Å². The molecule has 0 aliphatic carbocycles. The third-order valence-corrected chi connectivity index (χ3v) is 2.29. The van der Waals surface area contributed by atoms with Gasteiger partial charge in [0.1, 0.15) is 18.2 Å². The van der Waals surface area contributed by atoms with Gasteiger partial charge in [0.15, 0.2) is 0 Å². The average molecular weight is 289 g/mol. The van der Waals surface area contributed by atoms with Crippen molar-refractivity contribution in [1.29, 1.82) is 0 Å². The number of aromatic hydroxyl groups is 1. The minimum atomic E-state index is -1.13. The van der Waals surface area contributed by atoms with Gasteiger partial charge in [0.2, 0.25) is 0 Å². The van der Waals surface area contributed by atoms with Crippen LogP contribution in [0.3, 0.4) is 0 Å². The van der Waals surface area contributed by atoms with Gasteiger partial charge in [-0.1, -0.05) is 0 Å². The lowest BCUT2D eigenvalue weighted by molar-refractivity contribution is 0.400. The Hall–Kier alpha value is -0.390. The predicted octanol–water partition coefficient (Wildman–Crippen LogP) is 2.68. The molecule has 0 aromatic heterocycles. The maximum Gasteiger partial charge on any atom is 0.137 e. The van der Waals surface area contributed by atoms with Gasteiger partial charge in [0, 0.05) is 0 Å². The Morgan fingerprint density at radius 3 is 2.57 bits per heavy atom. The van der Waals surface area contributed by atoms with Crippen molar-refractivity contribution < 1.29 is 13.9 Å². The van der Waals surface area contributed by atoms with Gasteiger partial charge >= 0.3 is 0 Å². The maximum atomic E-state index is 13.0. The summed E-state index contributed by atoms with van der Waals surface area (Å²) in [5, 5.41) is 9.35. The molecule has 80 valence electrons. The Morgan fingerprint density at radius 1 is 1.50 bits per heavy atom. The highest BCUT2D eigenvalue weighted by molar-refractivity contribution is 9.10. The van der Waals surface area contributed by atoms with Crippen molar-refractivity contribution >= 4 is 28.3 Å². The van der Waals surface area contributed by atoms with E-state index in [-0.39, 0.29) is 23.7 Å². The number of alkyl halides is 1. The van der Waals surface area contributed by atoms with E-state index in [9.17, 15) is 13.9 Å². The summed E-state index contributed by atoms with van der Waals surface area (Å²) >= 11 is 2.98. The van der Waals surface area contributed by atoms with E-state index in [4.69, 9.17) is 5.73 Å². The van der Waals surface area contributed by atoms with Crippen LogP contribution in [0.2, 0.25) is 0 Å². The van der Waals surface area contributed by atoms with Crippen molar-refractivity contribution in [1.82, 2.24) is 0 Å². The van der Waals surface area contributed by atoms with Gasteiger partial charge in [-0.05, 0) is 28.1 Å². The number of hydrogen-bond donors (Lipinski definition) is 2. The number of rotatable bonds is 2. The summed E-state index contributed by atoms with van der Waals surface area (Å²) in [6, 6.07) is 1.32. The minimum absolute atomic E-state index is 0. The van der Waals surface area contributed by atoms with E-state index in [0.29, 0.717) is 4.47 Å². The molecule has 0 unspecified atom stereocenters. The van der Waals surface area contributed by atoms with Crippen LogP contribution in [0, 0.1) is 5.82 Å². The largest absolute Gasteiger partial charge is 0.506 e. The molecule has 0 radical (unpaired) electrons. The SMILES string of the molecule is Cl.N[C@H](CF)c1c(F)ccc(Br)c1O. The second-order valence-electron chi connectivity index (χ2n) is 2.55. The Labute approximate surface area is 94.6 Å². The van der Waals surface area contributed by atoms with Crippen molar-refractivity contribution in [3.63, 3.8) is 0 Å². The molecule has 3 N–H and O–H groups in total. The molecule has 0 bridgehead atoms. The molecular formula is C8H9BrClF2NO. The first-order valence-corrected chi connectivity index (χ1v) is 4.35. The first-order valence-electron chi connectivity index (χ1n) is 3.56. The topological polar surface area (TPSA) is 46.2 Å². The molecule has 14 heavy (non-hydrogen) atoms. The quantitative estimate of drug-likeness (QED) is 0.879. The normalized spacial score (nSPS) is 12.0. The Balaban J connectivity index is 0.00000169. The fourth-order valence-electron chi connectivity index (χ4n) is 0.987. The van der Waals surface area contributed by atoms with Crippen LogP contribution in [0.1, 0.15) is 11.6 Å². The van der Waals surface area contributed by atoms with Gasteiger partial charge in [0.25, 0.3) is 0 Å². The fraction of sp³-hybridized carbons (Fsp3) is 0.250. The van der Waals surface area contributed by atoms with E-state index in [2.05, 4.69) is 15.9 Å². The van der Waals surface area contributed by atoms with Gasteiger partial charge in [0.05, 0.1) is 16.1 Å². The second kappa shape index (κ2) is 5.48. The number of halogens is 4. The fourth-order valence-corrected chi connectivity index (χ4v) is 1.33. The van der Waals surface area contributed by atoms with Crippen molar-refractivity contribution in [3.8, 4) is 5.75 Å². The maximum absolute atomic E-state index is 13.0. The molecule has 0 spiro atoms. The summed E-state index contributed by atoms with van der Waals surface area (Å²) < 4.78 is 25.5. The minimum Gasteiger partial charge on any atom is -0.506 e. The van der Waals surface area contributed by atoms with Crippen LogP contribution in [0.4, 0.5) is 8.78 Å². The van der Waals surface area contributed by atoms with E-state index in [1.807, 2.05) is 0 Å². The highest BCUT2D eigenvalue weighted by Gasteiger charge is 2.17. The summed E-state index contributed by atoms with van der Waals surface area (Å²) in [4.78, 5) is 0. The number of phenols is 1. The number of hydrogen-bond acceptors (Lipinski definition) is 2. The van der Waals surface area contributed by atoms with Crippen LogP contribution in [-0.2, 0) is 0 Å². The molecule has 0 aliphatic heterocycles. The monoisotopic (exact) mass is 287 g/mol. The molecule has 0 fully saturated rings. The smallest absolute Gasteiger partial charge is 0.137 e. The summed E-state index contributed by atoms with van der Waals surface area (Å²) in [6.45, 7) is -0.916. The third-order valence-electron chi connectivity index (χ3n) is 1.65. The van der Waals surface area contributed by atoms with Crippen LogP contribution in [0.25, 0.3) is 0 Å². The molecule has 1 rings (SSSR count). The Morgan fingerprint density at radius 2 is 2.07 bits per heavy atom. The zero-order valence-corrected chi connectivity index (χ0v) is 9.41. The molecular weight excluding hydrogens is 279 g/mol. The molecule has 0 saturated carbocycles. The molecule has 2 nitrogen and oxygen atoms in total. The van der Waals surface area contributed by atoms with Crippen LogP contribution in [0.5, 0.6) is 5.75 Å². The van der Waals surface area contributed by atoms with E-state index < -0.39 is 18.5 Å². The van der Waals surface area contributed by atoms with E-state index in [0.717, 1.165) is 6.07 Å². The van der Waals surface area contributed by atoms with Crippen LogP contribution >= 0.6 is 28.3 Å². The summed E-state index contributed by atoms with van der Waals surface area (Å²) in [7, 11) is 0. The van der Waals surface area contributed by atoms with Crippen LogP contribution in [0.15, 0.2) is 16.6 Å². The summed E-state index contributed by atoms with van der Waals surface area (Å²) in [5.74, 6) is -1.05. The average Bonchev–Trinajstić information content (AvgIpc) is 2.12. The lowest BCUT2D eigenvalue weighted by Crippen LogP contribution is -2.14. The molecule has 0 saturated heterocycles. The van der Waals surface area contributed by atoms with Crippen LogP contribution < -0.4 is 5.73 Å². The van der Waals surface area contributed by atoms with Crippen molar-refractivity contribution in [3.05, 3.63) is 28.0 Å². The van der Waals surface area contributed by atoms with E-state index >= 15 is 0 Å².